The van der Waals surface area contributed by atoms with Crippen LogP contribution in [0.15, 0.2) is 76.3 Å². The molecule has 0 radical (unpaired) electrons. The van der Waals surface area contributed by atoms with Gasteiger partial charge in [-0.1, -0.05) is 48.9 Å². The summed E-state index contributed by atoms with van der Waals surface area (Å²) in [5.41, 5.74) is 5.61. The zero-order chi connectivity index (χ0) is 24.6. The first kappa shape index (κ1) is 23.7. The number of carbonyl (C=O) groups is 1. The number of allylic oxidation sites excluding steroid dienone is 3. The minimum absolute atomic E-state index is 0.0245. The SMILES string of the molecule is CC(=O)Nc1ccccc1CC[C@]1(O)CCC2=CC3=C(C=NC(c4ccc(F)cc4)CC3)CC21C. The third kappa shape index (κ3) is 4.50. The van der Waals surface area contributed by atoms with Gasteiger partial charge in [-0.25, -0.2) is 4.39 Å². The topological polar surface area (TPSA) is 61.7 Å². The largest absolute Gasteiger partial charge is 0.389 e. The maximum atomic E-state index is 13.4. The Labute approximate surface area is 206 Å². The maximum Gasteiger partial charge on any atom is 0.221 e. The quantitative estimate of drug-likeness (QED) is 0.523. The molecule has 0 bridgehead atoms. The molecule has 0 aromatic heterocycles. The van der Waals surface area contributed by atoms with Gasteiger partial charge in [0.05, 0.1) is 11.6 Å². The monoisotopic (exact) mass is 472 g/mol. The fourth-order valence-electron chi connectivity index (χ4n) is 6.14. The molecule has 35 heavy (non-hydrogen) atoms. The van der Waals surface area contributed by atoms with Crippen LogP contribution in [0.4, 0.5) is 10.1 Å². The van der Waals surface area contributed by atoms with E-state index < -0.39 is 5.60 Å². The Bertz CT molecular complexity index is 1230. The molecule has 5 rings (SSSR count). The van der Waals surface area contributed by atoms with E-state index in [1.807, 2.05) is 42.6 Å². The highest BCUT2D eigenvalue weighted by Crippen LogP contribution is 2.58. The van der Waals surface area contributed by atoms with Gasteiger partial charge >= 0.3 is 0 Å². The molecule has 1 aliphatic heterocycles. The first-order chi connectivity index (χ1) is 16.8. The van der Waals surface area contributed by atoms with Gasteiger partial charge in [-0.05, 0) is 85.4 Å². The highest BCUT2D eigenvalue weighted by Gasteiger charge is 2.54. The van der Waals surface area contributed by atoms with Crippen LogP contribution in [0.5, 0.6) is 0 Å². The molecule has 0 spiro atoms. The molecular formula is C30H33FN2O2. The van der Waals surface area contributed by atoms with E-state index in [1.54, 1.807) is 0 Å². The van der Waals surface area contributed by atoms with Gasteiger partial charge < -0.3 is 10.4 Å². The summed E-state index contributed by atoms with van der Waals surface area (Å²) in [6.07, 6.45) is 9.89. The molecule has 2 aromatic rings. The number of hydrogen-bond acceptors (Lipinski definition) is 3. The second-order valence-electron chi connectivity index (χ2n) is 10.5. The number of rotatable bonds is 5. The zero-order valence-corrected chi connectivity index (χ0v) is 20.5. The molecule has 1 fully saturated rings. The number of amides is 1. The minimum atomic E-state index is -0.822. The Morgan fingerprint density at radius 3 is 2.69 bits per heavy atom. The Hall–Kier alpha value is -3.05. The molecule has 182 valence electrons. The van der Waals surface area contributed by atoms with Crippen LogP contribution in [0.3, 0.4) is 0 Å². The van der Waals surface area contributed by atoms with Gasteiger partial charge in [-0.3, -0.25) is 9.79 Å². The lowest BCUT2D eigenvalue weighted by Crippen LogP contribution is -2.44. The summed E-state index contributed by atoms with van der Waals surface area (Å²) in [6, 6.07) is 14.5. The van der Waals surface area contributed by atoms with E-state index in [1.165, 1.54) is 35.8 Å². The van der Waals surface area contributed by atoms with Crippen LogP contribution in [0.1, 0.15) is 69.5 Å². The van der Waals surface area contributed by atoms with Crippen LogP contribution >= 0.6 is 0 Å². The van der Waals surface area contributed by atoms with Crippen molar-refractivity contribution in [3.05, 3.63) is 88.3 Å². The molecule has 3 aliphatic rings. The Morgan fingerprint density at radius 1 is 1.14 bits per heavy atom. The predicted molar refractivity (Wildman–Crippen MR) is 138 cm³/mol. The van der Waals surface area contributed by atoms with E-state index in [2.05, 4.69) is 18.3 Å². The molecule has 2 unspecified atom stereocenters. The van der Waals surface area contributed by atoms with Crippen LogP contribution in [-0.4, -0.2) is 22.8 Å². The summed E-state index contributed by atoms with van der Waals surface area (Å²) in [5.74, 6) is -0.319. The minimum Gasteiger partial charge on any atom is -0.389 e. The summed E-state index contributed by atoms with van der Waals surface area (Å²) in [4.78, 5) is 16.5. The molecule has 2 N–H and O–H groups in total. The van der Waals surface area contributed by atoms with Gasteiger partial charge in [-0.15, -0.1) is 0 Å². The number of aryl methyl sites for hydroxylation is 1. The fraction of sp³-hybridized carbons (Fsp3) is 0.400. The second-order valence-corrected chi connectivity index (χ2v) is 10.5. The van der Waals surface area contributed by atoms with Gasteiger partial charge in [-0.2, -0.15) is 0 Å². The third-order valence-electron chi connectivity index (χ3n) is 8.34. The average Bonchev–Trinajstić information content (AvgIpc) is 2.95. The predicted octanol–water partition coefficient (Wildman–Crippen LogP) is 6.48. The van der Waals surface area contributed by atoms with E-state index in [4.69, 9.17) is 4.99 Å². The highest BCUT2D eigenvalue weighted by atomic mass is 19.1. The molecule has 1 amide bonds. The van der Waals surface area contributed by atoms with Crippen molar-refractivity contribution in [2.75, 3.05) is 5.32 Å². The van der Waals surface area contributed by atoms with E-state index in [0.29, 0.717) is 12.8 Å². The summed E-state index contributed by atoms with van der Waals surface area (Å²) in [7, 11) is 0. The molecule has 3 atom stereocenters. The van der Waals surface area contributed by atoms with Crippen molar-refractivity contribution < 1.29 is 14.3 Å². The van der Waals surface area contributed by atoms with Crippen molar-refractivity contribution >= 4 is 17.8 Å². The van der Waals surface area contributed by atoms with E-state index in [9.17, 15) is 14.3 Å². The van der Waals surface area contributed by atoms with Gasteiger partial charge in [0.2, 0.25) is 5.91 Å². The molecular weight excluding hydrogens is 439 g/mol. The van der Waals surface area contributed by atoms with Crippen molar-refractivity contribution in [1.29, 1.82) is 0 Å². The lowest BCUT2D eigenvalue weighted by molar-refractivity contribution is -0.114. The summed E-state index contributed by atoms with van der Waals surface area (Å²) < 4.78 is 13.4. The Morgan fingerprint density at radius 2 is 1.91 bits per heavy atom. The van der Waals surface area contributed by atoms with Gasteiger partial charge in [0, 0.05) is 24.2 Å². The maximum absolute atomic E-state index is 13.4. The molecule has 1 heterocycles. The van der Waals surface area contributed by atoms with Gasteiger partial charge in [0.15, 0.2) is 0 Å². The number of halogens is 1. The average molecular weight is 473 g/mol. The van der Waals surface area contributed by atoms with Crippen LogP contribution < -0.4 is 5.32 Å². The smallest absolute Gasteiger partial charge is 0.221 e. The van der Waals surface area contributed by atoms with Crippen LogP contribution in [0.25, 0.3) is 0 Å². The number of fused-ring (bicyclic) bond motifs is 1. The van der Waals surface area contributed by atoms with E-state index >= 15 is 0 Å². The molecule has 1 saturated carbocycles. The molecule has 2 aromatic carbocycles. The van der Waals surface area contributed by atoms with Crippen LogP contribution in [-0.2, 0) is 11.2 Å². The van der Waals surface area contributed by atoms with Crippen molar-refractivity contribution in [2.45, 2.75) is 70.4 Å². The number of para-hydroxylation sites is 1. The lowest BCUT2D eigenvalue weighted by Gasteiger charge is -2.43. The van der Waals surface area contributed by atoms with E-state index in [0.717, 1.165) is 48.9 Å². The number of nitrogens with one attached hydrogen (secondary N) is 1. The van der Waals surface area contributed by atoms with Crippen molar-refractivity contribution in [3.8, 4) is 0 Å². The summed E-state index contributed by atoms with van der Waals surface area (Å²) in [5, 5.41) is 14.9. The molecule has 5 heteroatoms. The summed E-state index contributed by atoms with van der Waals surface area (Å²) >= 11 is 0. The third-order valence-corrected chi connectivity index (χ3v) is 8.34. The number of aliphatic imine (C=N–C) groups is 1. The van der Waals surface area contributed by atoms with Crippen LogP contribution in [0.2, 0.25) is 0 Å². The number of aliphatic hydroxyl groups is 1. The summed E-state index contributed by atoms with van der Waals surface area (Å²) in [6.45, 7) is 3.72. The number of anilines is 1. The first-order valence-corrected chi connectivity index (χ1v) is 12.6. The molecule has 2 aliphatic carbocycles. The number of benzene rings is 2. The number of nitrogens with zero attached hydrogens (tertiary/aromatic N) is 1. The van der Waals surface area contributed by atoms with E-state index in [-0.39, 0.29) is 23.2 Å². The second kappa shape index (κ2) is 9.19. The van der Waals surface area contributed by atoms with Crippen LogP contribution in [0, 0.1) is 11.2 Å². The first-order valence-electron chi connectivity index (χ1n) is 12.6. The normalized spacial score (nSPS) is 27.7. The molecule has 4 nitrogen and oxygen atoms in total. The highest BCUT2D eigenvalue weighted by molar-refractivity contribution is 5.89. The fourth-order valence-corrected chi connectivity index (χ4v) is 6.14. The van der Waals surface area contributed by atoms with Crippen molar-refractivity contribution in [3.63, 3.8) is 0 Å². The zero-order valence-electron chi connectivity index (χ0n) is 20.5. The van der Waals surface area contributed by atoms with Gasteiger partial charge in [0.25, 0.3) is 0 Å². The number of carbonyl (C=O) groups excluding carboxylic acids is 1. The van der Waals surface area contributed by atoms with Crippen molar-refractivity contribution in [1.82, 2.24) is 0 Å². The molecule has 0 saturated heterocycles. The standard InChI is InChI=1S/C30H33FN2O2/c1-20(34)33-28-6-4-3-5-21(28)13-15-30(35)16-14-25-17-23-9-12-27(22-7-10-26(31)11-8-22)32-19-24(23)18-29(25,30)2/h3-8,10-11,17,19,27,35H,9,12-16,18H2,1-2H3,(H,33,34)/t27?,29?,30-/m0/s1. The number of hydrogen-bond donors (Lipinski definition) is 2. The van der Waals surface area contributed by atoms with Crippen molar-refractivity contribution in [2.24, 2.45) is 10.4 Å². The lowest BCUT2D eigenvalue weighted by atomic mass is 9.64. The Balaban J connectivity index is 1.34. The Kier molecular flexibility index (Phi) is 6.22. The van der Waals surface area contributed by atoms with Gasteiger partial charge in [0.1, 0.15) is 5.82 Å².